The molecule has 0 amide bonds. The van der Waals surface area contributed by atoms with Crippen molar-refractivity contribution in [1.82, 2.24) is 0 Å². The lowest BCUT2D eigenvalue weighted by Crippen LogP contribution is -2.00. The van der Waals surface area contributed by atoms with Gasteiger partial charge in [-0.3, -0.25) is 0 Å². The van der Waals surface area contributed by atoms with Crippen LogP contribution in [0.25, 0.3) is 0 Å². The van der Waals surface area contributed by atoms with Gasteiger partial charge in [0, 0.05) is 12.2 Å². The summed E-state index contributed by atoms with van der Waals surface area (Å²) >= 11 is 0. The van der Waals surface area contributed by atoms with Crippen LogP contribution in [0.15, 0.2) is 48.5 Å². The van der Waals surface area contributed by atoms with Crippen LogP contribution in [0.2, 0.25) is 0 Å². The van der Waals surface area contributed by atoms with E-state index < -0.39 is 0 Å². The Kier molecular flexibility index (Phi) is 4.58. The number of hydrogen-bond acceptors (Lipinski definition) is 2. The molecule has 0 atom stereocenters. The van der Waals surface area contributed by atoms with E-state index in [0.717, 1.165) is 18.7 Å². The number of nitrogens with zero attached hydrogens (tertiary/aromatic N) is 1. The van der Waals surface area contributed by atoms with Crippen molar-refractivity contribution in [2.75, 3.05) is 5.32 Å². The highest BCUT2D eigenvalue weighted by atomic mass is 14.9. The van der Waals surface area contributed by atoms with Gasteiger partial charge in [0.05, 0.1) is 11.6 Å². The summed E-state index contributed by atoms with van der Waals surface area (Å²) in [5.41, 5.74) is 4.41. The van der Waals surface area contributed by atoms with E-state index in [0.29, 0.717) is 5.56 Å². The van der Waals surface area contributed by atoms with Crippen LogP contribution in [0.3, 0.4) is 0 Å². The maximum Gasteiger partial charge on any atom is 0.0991 e. The van der Waals surface area contributed by atoms with Crippen LogP contribution >= 0.6 is 0 Å². The molecule has 2 aromatic carbocycles. The summed E-state index contributed by atoms with van der Waals surface area (Å²) < 4.78 is 0. The summed E-state index contributed by atoms with van der Waals surface area (Å²) in [5.74, 6) is 0. The van der Waals surface area contributed by atoms with Crippen LogP contribution in [0.1, 0.15) is 30.0 Å². The molecule has 0 spiro atoms. The fourth-order valence-electron chi connectivity index (χ4n) is 2.05. The third-order valence-electron chi connectivity index (χ3n) is 3.04. The highest BCUT2D eigenvalue weighted by Crippen LogP contribution is 2.12. The molecule has 0 saturated carbocycles. The number of nitrogens with one attached hydrogen (secondary N) is 1. The van der Waals surface area contributed by atoms with Gasteiger partial charge in [-0.25, -0.2) is 0 Å². The lowest BCUT2D eigenvalue weighted by atomic mass is 10.1. The van der Waals surface area contributed by atoms with Gasteiger partial charge in [0.2, 0.25) is 0 Å². The highest BCUT2D eigenvalue weighted by Gasteiger charge is 1.97. The van der Waals surface area contributed by atoms with Gasteiger partial charge in [-0.2, -0.15) is 5.26 Å². The van der Waals surface area contributed by atoms with E-state index in [4.69, 9.17) is 5.26 Å². The van der Waals surface area contributed by atoms with Crippen LogP contribution in [0.4, 0.5) is 5.69 Å². The minimum absolute atomic E-state index is 0.690. The van der Waals surface area contributed by atoms with E-state index in [1.165, 1.54) is 17.5 Å². The van der Waals surface area contributed by atoms with Gasteiger partial charge in [-0.05, 0) is 41.8 Å². The number of benzene rings is 2. The van der Waals surface area contributed by atoms with E-state index in [-0.39, 0.29) is 0 Å². The van der Waals surface area contributed by atoms with Crippen LogP contribution in [-0.2, 0) is 13.0 Å². The minimum atomic E-state index is 0.690. The fourth-order valence-corrected chi connectivity index (χ4v) is 2.05. The highest BCUT2D eigenvalue weighted by molar-refractivity contribution is 5.47. The maximum atomic E-state index is 8.75. The molecule has 0 aliphatic heterocycles. The average Bonchev–Trinajstić information content (AvgIpc) is 2.46. The Morgan fingerprint density at radius 2 is 1.79 bits per heavy atom. The fraction of sp³-hybridized carbons (Fsp3) is 0.235. The Morgan fingerprint density at radius 3 is 2.47 bits per heavy atom. The monoisotopic (exact) mass is 250 g/mol. The normalized spacial score (nSPS) is 9.89. The summed E-state index contributed by atoms with van der Waals surface area (Å²) in [5, 5.41) is 12.1. The zero-order chi connectivity index (χ0) is 13.5. The zero-order valence-corrected chi connectivity index (χ0v) is 11.2. The van der Waals surface area contributed by atoms with Crippen molar-refractivity contribution in [3.8, 4) is 6.07 Å². The smallest absolute Gasteiger partial charge is 0.0991 e. The Bertz CT molecular complexity index is 565. The van der Waals surface area contributed by atoms with Gasteiger partial charge in [0.1, 0.15) is 0 Å². The van der Waals surface area contributed by atoms with Crippen LogP contribution in [-0.4, -0.2) is 0 Å². The predicted molar refractivity (Wildman–Crippen MR) is 78.9 cm³/mol. The van der Waals surface area contributed by atoms with Gasteiger partial charge in [-0.1, -0.05) is 37.6 Å². The summed E-state index contributed by atoms with van der Waals surface area (Å²) in [4.78, 5) is 0. The standard InChI is InChI=1S/C17H18N2/c1-2-4-14-5-3-6-16(11-14)13-19-17-9-7-15(12-18)8-10-17/h3,5-11,19H,2,4,13H2,1H3. The van der Waals surface area contributed by atoms with Gasteiger partial charge in [-0.15, -0.1) is 0 Å². The van der Waals surface area contributed by atoms with Crippen molar-refractivity contribution < 1.29 is 0 Å². The molecular formula is C17H18N2. The molecule has 96 valence electrons. The quantitative estimate of drug-likeness (QED) is 0.866. The van der Waals surface area contributed by atoms with Crippen molar-refractivity contribution in [3.05, 3.63) is 65.2 Å². The number of nitriles is 1. The van der Waals surface area contributed by atoms with E-state index in [1.54, 1.807) is 0 Å². The van der Waals surface area contributed by atoms with Crippen LogP contribution < -0.4 is 5.32 Å². The van der Waals surface area contributed by atoms with Crippen molar-refractivity contribution >= 4 is 5.69 Å². The molecule has 2 aromatic rings. The van der Waals surface area contributed by atoms with Crippen molar-refractivity contribution in [2.45, 2.75) is 26.3 Å². The zero-order valence-electron chi connectivity index (χ0n) is 11.2. The van der Waals surface area contributed by atoms with Gasteiger partial charge in [0.25, 0.3) is 0 Å². The largest absolute Gasteiger partial charge is 0.381 e. The van der Waals surface area contributed by atoms with E-state index in [1.807, 2.05) is 24.3 Å². The number of anilines is 1. The second kappa shape index (κ2) is 6.61. The summed E-state index contributed by atoms with van der Waals surface area (Å²) in [6, 6.07) is 18.3. The summed E-state index contributed by atoms with van der Waals surface area (Å²) in [7, 11) is 0. The minimum Gasteiger partial charge on any atom is -0.381 e. The molecule has 0 heterocycles. The molecule has 0 unspecified atom stereocenters. The molecule has 0 saturated heterocycles. The Hall–Kier alpha value is -2.27. The molecule has 19 heavy (non-hydrogen) atoms. The second-order valence-corrected chi connectivity index (χ2v) is 4.61. The van der Waals surface area contributed by atoms with Gasteiger partial charge >= 0.3 is 0 Å². The van der Waals surface area contributed by atoms with Gasteiger partial charge in [0.15, 0.2) is 0 Å². The third-order valence-corrected chi connectivity index (χ3v) is 3.04. The van der Waals surface area contributed by atoms with Gasteiger partial charge < -0.3 is 5.32 Å². The molecule has 0 radical (unpaired) electrons. The SMILES string of the molecule is CCCc1cccc(CNc2ccc(C#N)cc2)c1. The molecule has 0 aliphatic carbocycles. The molecule has 0 fully saturated rings. The van der Waals surface area contributed by atoms with Crippen molar-refractivity contribution in [2.24, 2.45) is 0 Å². The number of hydrogen-bond donors (Lipinski definition) is 1. The first kappa shape index (κ1) is 13.2. The van der Waals surface area contributed by atoms with Crippen LogP contribution in [0.5, 0.6) is 0 Å². The Morgan fingerprint density at radius 1 is 1.05 bits per heavy atom. The molecule has 1 N–H and O–H groups in total. The van der Waals surface area contributed by atoms with E-state index >= 15 is 0 Å². The number of rotatable bonds is 5. The average molecular weight is 250 g/mol. The first-order valence-electron chi connectivity index (χ1n) is 6.63. The lowest BCUT2D eigenvalue weighted by molar-refractivity contribution is 0.918. The van der Waals surface area contributed by atoms with E-state index in [2.05, 4.69) is 42.6 Å². The molecule has 2 heteroatoms. The van der Waals surface area contributed by atoms with Crippen molar-refractivity contribution in [3.63, 3.8) is 0 Å². The van der Waals surface area contributed by atoms with Crippen LogP contribution in [0, 0.1) is 11.3 Å². The predicted octanol–water partition coefficient (Wildman–Crippen LogP) is 4.12. The summed E-state index contributed by atoms with van der Waals surface area (Å²) in [6.45, 7) is 3.01. The molecule has 0 aliphatic rings. The number of aryl methyl sites for hydroxylation is 1. The maximum absolute atomic E-state index is 8.75. The molecule has 2 nitrogen and oxygen atoms in total. The first-order valence-corrected chi connectivity index (χ1v) is 6.63. The first-order chi connectivity index (χ1) is 9.31. The lowest BCUT2D eigenvalue weighted by Gasteiger charge is -2.08. The van der Waals surface area contributed by atoms with Crippen molar-refractivity contribution in [1.29, 1.82) is 5.26 Å². The Balaban J connectivity index is 1.97. The second-order valence-electron chi connectivity index (χ2n) is 4.61. The molecular weight excluding hydrogens is 232 g/mol. The Labute approximate surface area is 114 Å². The molecule has 0 bridgehead atoms. The van der Waals surface area contributed by atoms with E-state index in [9.17, 15) is 0 Å². The molecule has 2 rings (SSSR count). The summed E-state index contributed by atoms with van der Waals surface area (Å²) in [6.07, 6.45) is 2.30. The topological polar surface area (TPSA) is 35.8 Å². The molecule has 0 aromatic heterocycles. The third kappa shape index (κ3) is 3.86.